The van der Waals surface area contributed by atoms with Gasteiger partial charge in [0.1, 0.15) is 11.5 Å². The molecule has 0 amide bonds. The summed E-state index contributed by atoms with van der Waals surface area (Å²) < 4.78 is 11.5. The molecule has 3 heteroatoms. The van der Waals surface area contributed by atoms with Gasteiger partial charge in [-0.1, -0.05) is 54.6 Å². The number of allylic oxidation sites excluding steroid dienone is 2. The number of nitrogens with one attached hydrogen (secondary N) is 1. The molecule has 0 fully saturated rings. The number of ether oxygens (including phenoxy) is 2. The van der Waals surface area contributed by atoms with Gasteiger partial charge in [0.15, 0.2) is 0 Å². The largest absolute Gasteiger partial charge is 0.497 e. The van der Waals surface area contributed by atoms with E-state index in [0.717, 1.165) is 24.3 Å². The lowest BCUT2D eigenvalue weighted by atomic mass is 9.77. The van der Waals surface area contributed by atoms with Crippen molar-refractivity contribution in [2.45, 2.75) is 24.8 Å². The van der Waals surface area contributed by atoms with Gasteiger partial charge < -0.3 is 14.8 Å². The summed E-state index contributed by atoms with van der Waals surface area (Å²) in [6.07, 6.45) is 6.69. The zero-order valence-electron chi connectivity index (χ0n) is 17.3. The average molecular weight is 398 g/mol. The molecule has 0 bridgehead atoms. The Morgan fingerprint density at radius 3 is 2.70 bits per heavy atom. The van der Waals surface area contributed by atoms with Crippen molar-refractivity contribution < 1.29 is 9.47 Å². The maximum absolute atomic E-state index is 6.10. The second kappa shape index (κ2) is 8.27. The van der Waals surface area contributed by atoms with Gasteiger partial charge in [-0.05, 0) is 59.4 Å². The Kier molecular flexibility index (Phi) is 5.18. The van der Waals surface area contributed by atoms with Gasteiger partial charge in [0, 0.05) is 18.0 Å². The third kappa shape index (κ3) is 3.68. The van der Waals surface area contributed by atoms with E-state index < -0.39 is 0 Å². The summed E-state index contributed by atoms with van der Waals surface area (Å²) in [5.74, 6) is 2.77. The fourth-order valence-corrected chi connectivity index (χ4v) is 4.76. The van der Waals surface area contributed by atoms with E-state index in [-0.39, 0.29) is 6.04 Å². The molecular weight excluding hydrogens is 370 g/mol. The van der Waals surface area contributed by atoms with E-state index in [9.17, 15) is 0 Å². The highest BCUT2D eigenvalue weighted by Gasteiger charge is 2.38. The summed E-state index contributed by atoms with van der Waals surface area (Å²) >= 11 is 0. The Labute approximate surface area is 178 Å². The molecule has 0 aromatic heterocycles. The van der Waals surface area contributed by atoms with Crippen LogP contribution in [0.3, 0.4) is 0 Å². The van der Waals surface area contributed by atoms with Crippen LogP contribution in [0.5, 0.6) is 11.5 Å². The first-order chi connectivity index (χ1) is 14.8. The Morgan fingerprint density at radius 2 is 1.83 bits per heavy atom. The van der Waals surface area contributed by atoms with E-state index in [2.05, 4.69) is 78.1 Å². The maximum Gasteiger partial charge on any atom is 0.119 e. The van der Waals surface area contributed by atoms with Crippen molar-refractivity contribution in [1.82, 2.24) is 0 Å². The molecule has 3 aromatic carbocycles. The second-order valence-corrected chi connectivity index (χ2v) is 8.09. The van der Waals surface area contributed by atoms with Gasteiger partial charge >= 0.3 is 0 Å². The van der Waals surface area contributed by atoms with Crippen molar-refractivity contribution >= 4 is 5.69 Å². The molecule has 0 saturated carbocycles. The number of hydrogen-bond acceptors (Lipinski definition) is 3. The Hall–Kier alpha value is -3.20. The highest BCUT2D eigenvalue weighted by atomic mass is 16.5. The molecule has 152 valence electrons. The lowest BCUT2D eigenvalue weighted by molar-refractivity contribution is 0.320. The first kappa shape index (κ1) is 18.8. The van der Waals surface area contributed by atoms with E-state index in [1.54, 1.807) is 7.11 Å². The predicted octanol–water partition coefficient (Wildman–Crippen LogP) is 6.14. The van der Waals surface area contributed by atoms with Crippen molar-refractivity contribution in [3.63, 3.8) is 0 Å². The SMILES string of the molecule is COc1cccc(C2Nc3ccc(OCCc4ccccc4)cc3C3C=CCC32)c1. The van der Waals surface area contributed by atoms with E-state index in [1.807, 2.05) is 12.1 Å². The molecular formula is C27H27NO2. The van der Waals surface area contributed by atoms with Crippen LogP contribution in [0.1, 0.15) is 35.1 Å². The lowest BCUT2D eigenvalue weighted by Gasteiger charge is -2.37. The zero-order chi connectivity index (χ0) is 20.3. The fourth-order valence-electron chi connectivity index (χ4n) is 4.76. The van der Waals surface area contributed by atoms with Gasteiger partial charge in [-0.15, -0.1) is 0 Å². The van der Waals surface area contributed by atoms with Crippen molar-refractivity contribution in [1.29, 1.82) is 0 Å². The van der Waals surface area contributed by atoms with Crippen LogP contribution >= 0.6 is 0 Å². The van der Waals surface area contributed by atoms with Crippen LogP contribution in [0.2, 0.25) is 0 Å². The molecule has 3 nitrogen and oxygen atoms in total. The van der Waals surface area contributed by atoms with Crippen molar-refractivity contribution in [2.24, 2.45) is 5.92 Å². The summed E-state index contributed by atoms with van der Waals surface area (Å²) in [4.78, 5) is 0. The molecule has 3 aromatic rings. The Balaban J connectivity index is 1.35. The highest BCUT2D eigenvalue weighted by Crippen LogP contribution is 2.50. The first-order valence-corrected chi connectivity index (χ1v) is 10.7. The van der Waals surface area contributed by atoms with Crippen LogP contribution in [0.4, 0.5) is 5.69 Å². The van der Waals surface area contributed by atoms with Crippen LogP contribution < -0.4 is 14.8 Å². The molecule has 0 radical (unpaired) electrons. The molecule has 0 spiro atoms. The molecule has 1 N–H and O–H groups in total. The number of benzene rings is 3. The third-order valence-electron chi connectivity index (χ3n) is 6.29. The lowest BCUT2D eigenvalue weighted by Crippen LogP contribution is -2.29. The molecule has 0 saturated heterocycles. The van der Waals surface area contributed by atoms with E-state index >= 15 is 0 Å². The van der Waals surface area contributed by atoms with Crippen LogP contribution in [-0.4, -0.2) is 13.7 Å². The number of fused-ring (bicyclic) bond motifs is 3. The zero-order valence-corrected chi connectivity index (χ0v) is 17.3. The smallest absolute Gasteiger partial charge is 0.119 e. The Bertz CT molecular complexity index is 1040. The molecule has 3 unspecified atom stereocenters. The van der Waals surface area contributed by atoms with Gasteiger partial charge in [-0.3, -0.25) is 0 Å². The van der Waals surface area contributed by atoms with Gasteiger partial charge in [0.2, 0.25) is 0 Å². The molecule has 1 aliphatic heterocycles. The minimum Gasteiger partial charge on any atom is -0.497 e. The standard InChI is InChI=1S/C27H27NO2/c1-29-21-10-5-9-20(17-21)27-24-12-6-11-23(24)25-18-22(13-14-26(25)28-27)30-16-15-19-7-3-2-4-8-19/h2-11,13-14,17-18,23-24,27-28H,12,15-16H2,1H3. The minimum atomic E-state index is 0.275. The van der Waals surface area contributed by atoms with E-state index in [1.165, 1.54) is 22.4 Å². The summed E-state index contributed by atoms with van der Waals surface area (Å²) in [5.41, 5.74) is 5.12. The molecule has 3 atom stereocenters. The van der Waals surface area contributed by atoms with Crippen LogP contribution in [0, 0.1) is 5.92 Å². The average Bonchev–Trinajstić information content (AvgIpc) is 3.30. The monoisotopic (exact) mass is 397 g/mol. The molecule has 1 heterocycles. The predicted molar refractivity (Wildman–Crippen MR) is 121 cm³/mol. The topological polar surface area (TPSA) is 30.5 Å². The van der Waals surface area contributed by atoms with Gasteiger partial charge in [-0.2, -0.15) is 0 Å². The molecule has 2 aliphatic rings. The number of rotatable bonds is 6. The van der Waals surface area contributed by atoms with Gasteiger partial charge in [0.25, 0.3) is 0 Å². The van der Waals surface area contributed by atoms with Crippen LogP contribution in [0.15, 0.2) is 84.9 Å². The minimum absolute atomic E-state index is 0.275. The second-order valence-electron chi connectivity index (χ2n) is 8.09. The van der Waals surface area contributed by atoms with Crippen molar-refractivity contribution in [3.8, 4) is 11.5 Å². The quantitative estimate of drug-likeness (QED) is 0.507. The number of anilines is 1. The molecule has 1 aliphatic carbocycles. The summed E-state index contributed by atoms with van der Waals surface area (Å²) in [6, 6.07) is 25.7. The summed E-state index contributed by atoms with van der Waals surface area (Å²) in [6.45, 7) is 0.687. The van der Waals surface area contributed by atoms with E-state index in [0.29, 0.717) is 18.4 Å². The molecule has 5 rings (SSSR count). The third-order valence-corrected chi connectivity index (χ3v) is 6.29. The van der Waals surface area contributed by atoms with Crippen LogP contribution in [0.25, 0.3) is 0 Å². The summed E-state index contributed by atoms with van der Waals surface area (Å²) in [5, 5.41) is 3.79. The highest BCUT2D eigenvalue weighted by molar-refractivity contribution is 5.62. The van der Waals surface area contributed by atoms with Crippen molar-refractivity contribution in [3.05, 3.63) is 102 Å². The number of methoxy groups -OCH3 is 1. The van der Waals surface area contributed by atoms with Gasteiger partial charge in [0.05, 0.1) is 19.8 Å². The Morgan fingerprint density at radius 1 is 0.933 bits per heavy atom. The van der Waals surface area contributed by atoms with Crippen molar-refractivity contribution in [2.75, 3.05) is 19.0 Å². The first-order valence-electron chi connectivity index (χ1n) is 10.7. The van der Waals surface area contributed by atoms with E-state index in [4.69, 9.17) is 9.47 Å². The van der Waals surface area contributed by atoms with Gasteiger partial charge in [-0.25, -0.2) is 0 Å². The number of hydrogen-bond donors (Lipinski definition) is 1. The summed E-state index contributed by atoms with van der Waals surface area (Å²) in [7, 11) is 1.72. The van der Waals surface area contributed by atoms with Crippen LogP contribution in [-0.2, 0) is 6.42 Å². The fraction of sp³-hybridized carbons (Fsp3) is 0.259. The normalized spacial score (nSPS) is 21.4. The molecule has 30 heavy (non-hydrogen) atoms. The maximum atomic E-state index is 6.10.